The van der Waals surface area contributed by atoms with Crippen molar-refractivity contribution in [3.8, 4) is 89.7 Å². The van der Waals surface area contributed by atoms with E-state index in [0.29, 0.717) is 39.1 Å². The Balaban J connectivity index is 0.00000810. The first-order chi connectivity index (χ1) is 38.1. The minimum Gasteiger partial charge on any atom is -0.507 e. The Labute approximate surface area is 464 Å². The van der Waals surface area contributed by atoms with Gasteiger partial charge < -0.3 is 5.11 Å². The van der Waals surface area contributed by atoms with E-state index in [-0.39, 0.29) is 72.7 Å². The molecule has 0 aliphatic carbocycles. The summed E-state index contributed by atoms with van der Waals surface area (Å²) in [5.74, 6) is -0.443. The smallest absolute Gasteiger partial charge is 0.148 e. The van der Waals surface area contributed by atoms with Crippen LogP contribution in [0.5, 0.6) is 5.75 Å². The maximum absolute atomic E-state index is 12.8. The Morgan fingerprint density at radius 1 is 0.541 bits per heavy atom. The van der Waals surface area contributed by atoms with Crippen molar-refractivity contribution in [2.75, 3.05) is 0 Å². The molecule has 1 N–H and O–H groups in total. The van der Waals surface area contributed by atoms with Crippen LogP contribution in [0.25, 0.3) is 95.0 Å². The molecule has 0 bridgehead atoms. The minimum atomic E-state index is -1.02. The normalized spacial score (nSPS) is 13.7. The van der Waals surface area contributed by atoms with E-state index < -0.39 is 41.0 Å². The SMILES string of the molecule is [2H]c1nc(-c2[c-]c(-c3cccc4c3nc(-c3cc(C(C)(C)C)cc(C(C)(C)C)c3O)n4-c3cc(-c4ccccc4)c(C([2H])(C)C)cc3-c3ccccc3)cc(-c3ccccc3)c2)c([2H])c(-c2c([2H])c([2H])c(C(C)(C)C)c([2H])c2[2H])c1[2H].[Pt]. The summed E-state index contributed by atoms with van der Waals surface area (Å²) in [7, 11) is 0. The summed E-state index contributed by atoms with van der Waals surface area (Å²) < 4.78 is 76.3. The number of fused-ring (bicyclic) bond motifs is 1. The first-order valence-electron chi connectivity index (χ1n) is 29.0. The van der Waals surface area contributed by atoms with Crippen LogP contribution in [0.15, 0.2) is 188 Å². The van der Waals surface area contributed by atoms with Gasteiger partial charge in [0.15, 0.2) is 0 Å². The van der Waals surface area contributed by atoms with E-state index in [2.05, 4.69) is 99.6 Å². The van der Waals surface area contributed by atoms with Gasteiger partial charge in [0.05, 0.1) is 31.9 Å². The molecule has 10 aromatic rings. The molecule has 0 aliphatic rings. The first-order valence-corrected chi connectivity index (χ1v) is 25.0. The maximum atomic E-state index is 12.8. The molecule has 2 aromatic heterocycles. The summed E-state index contributed by atoms with van der Waals surface area (Å²) in [5.41, 5.74) is 9.93. The predicted molar refractivity (Wildman–Crippen MR) is 308 cm³/mol. The summed E-state index contributed by atoms with van der Waals surface area (Å²) in [4.78, 5) is 10.2. The number of hydrogen-bond acceptors (Lipinski definition) is 3. The number of imidazole rings is 1. The average molecular weight is 1160 g/mol. The van der Waals surface area contributed by atoms with Gasteiger partial charge in [-0.05, 0) is 103 Å². The summed E-state index contributed by atoms with van der Waals surface area (Å²) >= 11 is 0. The molecule has 2 heterocycles. The van der Waals surface area contributed by atoms with Crippen molar-refractivity contribution in [3.63, 3.8) is 0 Å². The van der Waals surface area contributed by atoms with Crippen LogP contribution in [0.2, 0.25) is 0 Å². The van der Waals surface area contributed by atoms with Gasteiger partial charge in [-0.3, -0.25) is 9.55 Å². The zero-order chi connectivity index (χ0) is 58.4. The van der Waals surface area contributed by atoms with Crippen LogP contribution < -0.4 is 0 Å². The molecular weight excluding hydrogens is 1080 g/mol. The molecule has 0 saturated heterocycles. The van der Waals surface area contributed by atoms with Crippen molar-refractivity contribution in [1.29, 1.82) is 0 Å². The molecule has 5 heteroatoms. The maximum Gasteiger partial charge on any atom is 0.148 e. The fourth-order valence-electron chi connectivity index (χ4n) is 9.47. The number of phenols is 1. The standard InChI is InChI=1S/C69H66N3O.Pt/c1-44(2)56-42-58(48-26-19-14-20-27-48)63(43-57(56)47-24-17-13-18-25-47)72-62-29-21-28-55(64(62)71-66(72)59-40-54(68(6,7)8)41-60(65(59)73)69(9,10)11)51-36-50(45-22-15-12-16-23-45)37-52(38-51)61-39-49(34-35-70-61)46-30-32-53(33-31-46)67(3,4)5;/h12-37,39-44,73H,1-11H3;/q-1;/i30D,31D,32D,33D,34D,35D,39D,44D;. The van der Waals surface area contributed by atoms with Gasteiger partial charge in [0, 0.05) is 45.4 Å². The van der Waals surface area contributed by atoms with Gasteiger partial charge in [0.2, 0.25) is 0 Å². The number of rotatable bonds is 9. The van der Waals surface area contributed by atoms with Crippen molar-refractivity contribution in [3.05, 3.63) is 216 Å². The van der Waals surface area contributed by atoms with Crippen molar-refractivity contribution in [2.24, 2.45) is 0 Å². The van der Waals surface area contributed by atoms with E-state index in [1.165, 1.54) is 0 Å². The second-order valence-corrected chi connectivity index (χ2v) is 22.3. The van der Waals surface area contributed by atoms with Crippen LogP contribution in [0.3, 0.4) is 0 Å². The monoisotopic (exact) mass is 1160 g/mol. The Kier molecular flexibility index (Phi) is 11.6. The molecule has 0 spiro atoms. The Bertz CT molecular complexity index is 4090. The van der Waals surface area contributed by atoms with E-state index in [1.807, 2.05) is 138 Å². The van der Waals surface area contributed by atoms with Gasteiger partial charge >= 0.3 is 0 Å². The number of hydrogen-bond donors (Lipinski definition) is 1. The first kappa shape index (κ1) is 42.2. The molecule has 0 saturated carbocycles. The Morgan fingerprint density at radius 2 is 1.14 bits per heavy atom. The molecule has 0 amide bonds. The zero-order valence-corrected chi connectivity index (χ0v) is 46.2. The van der Waals surface area contributed by atoms with Crippen LogP contribution >= 0.6 is 0 Å². The summed E-state index contributed by atoms with van der Waals surface area (Å²) in [5, 5.41) is 12.8. The summed E-state index contributed by atoms with van der Waals surface area (Å²) in [6, 6.07) is 49.5. The van der Waals surface area contributed by atoms with Crippen LogP contribution in [0.4, 0.5) is 0 Å². The van der Waals surface area contributed by atoms with Crippen LogP contribution in [0, 0.1) is 6.07 Å². The number of pyridine rings is 1. The third-order valence-corrected chi connectivity index (χ3v) is 13.5. The van der Waals surface area contributed by atoms with Crippen molar-refractivity contribution < 1.29 is 37.1 Å². The molecular formula is C69H66N3OPt-. The molecule has 0 radical (unpaired) electrons. The van der Waals surface area contributed by atoms with Crippen LogP contribution in [-0.4, -0.2) is 19.6 Å². The second-order valence-electron chi connectivity index (χ2n) is 22.3. The fraction of sp³-hybridized carbons (Fsp3) is 0.217. The van der Waals surface area contributed by atoms with E-state index in [9.17, 15) is 10.6 Å². The van der Waals surface area contributed by atoms with Gasteiger partial charge in [-0.1, -0.05) is 232 Å². The average Bonchev–Trinajstić information content (AvgIpc) is 2.50. The zero-order valence-electron chi connectivity index (χ0n) is 52.0. The number of phenolic OH excluding ortho intramolecular Hbond substituents is 1. The van der Waals surface area contributed by atoms with Crippen LogP contribution in [0.1, 0.15) is 115 Å². The summed E-state index contributed by atoms with van der Waals surface area (Å²) in [6.45, 7) is 22.0. The van der Waals surface area contributed by atoms with E-state index in [1.54, 1.807) is 0 Å². The molecule has 0 aliphatic heterocycles. The molecule has 0 fully saturated rings. The number of benzene rings is 8. The van der Waals surface area contributed by atoms with Gasteiger partial charge in [0.25, 0.3) is 0 Å². The molecule has 8 aromatic carbocycles. The third kappa shape index (κ3) is 10.2. The number of aromatic nitrogens is 3. The van der Waals surface area contributed by atoms with Gasteiger partial charge in [-0.25, -0.2) is 4.98 Å². The van der Waals surface area contributed by atoms with E-state index in [0.717, 1.165) is 55.8 Å². The quantitative estimate of drug-likeness (QED) is 0.147. The molecule has 0 unspecified atom stereocenters. The molecule has 10 rings (SSSR count). The van der Waals surface area contributed by atoms with E-state index in [4.69, 9.17) is 10.5 Å². The van der Waals surface area contributed by atoms with Gasteiger partial charge in [0.1, 0.15) is 11.6 Å². The molecule has 4 nitrogen and oxygen atoms in total. The van der Waals surface area contributed by atoms with Crippen molar-refractivity contribution in [1.82, 2.24) is 14.5 Å². The molecule has 374 valence electrons. The third-order valence-electron chi connectivity index (χ3n) is 13.5. The molecule has 0 atom stereocenters. The largest absolute Gasteiger partial charge is 0.507 e. The van der Waals surface area contributed by atoms with Crippen molar-refractivity contribution in [2.45, 2.75) is 98.3 Å². The molecule has 74 heavy (non-hydrogen) atoms. The van der Waals surface area contributed by atoms with Crippen molar-refractivity contribution >= 4 is 11.0 Å². The Morgan fingerprint density at radius 3 is 1.73 bits per heavy atom. The van der Waals surface area contributed by atoms with E-state index >= 15 is 0 Å². The van der Waals surface area contributed by atoms with Crippen LogP contribution in [-0.2, 0) is 37.3 Å². The fourth-order valence-corrected chi connectivity index (χ4v) is 9.47. The van der Waals surface area contributed by atoms with Gasteiger partial charge in [-0.2, -0.15) is 0 Å². The Hall–Kier alpha value is -7.13. The predicted octanol–water partition coefficient (Wildman–Crippen LogP) is 18.6. The number of para-hydroxylation sites is 1. The minimum absolute atomic E-state index is 0. The summed E-state index contributed by atoms with van der Waals surface area (Å²) in [6.07, 6.45) is -0.505. The van der Waals surface area contributed by atoms with Gasteiger partial charge in [-0.15, -0.1) is 23.8 Å². The topological polar surface area (TPSA) is 50.9 Å². The number of nitrogens with zero attached hydrogens (tertiary/aromatic N) is 3. The number of aromatic hydroxyl groups is 1. The second kappa shape index (κ2) is 20.3.